The van der Waals surface area contributed by atoms with Crippen LogP contribution in [0.3, 0.4) is 0 Å². The second-order valence-electron chi connectivity index (χ2n) is 8.61. The molecule has 3 aromatic carbocycles. The third kappa shape index (κ3) is 4.77. The largest absolute Gasteiger partial charge is 0.450 e. The number of aromatic nitrogens is 1. The maximum absolute atomic E-state index is 13.1. The molecule has 1 aromatic heterocycles. The highest BCUT2D eigenvalue weighted by Crippen LogP contribution is 2.26. The van der Waals surface area contributed by atoms with Crippen LogP contribution in [0.4, 0.5) is 4.79 Å². The molecular formula is C26H26N4O5S2. The van der Waals surface area contributed by atoms with Gasteiger partial charge in [-0.1, -0.05) is 41.7 Å². The highest BCUT2D eigenvalue weighted by molar-refractivity contribution is 7.89. The Morgan fingerprint density at radius 1 is 0.973 bits per heavy atom. The van der Waals surface area contributed by atoms with Crippen molar-refractivity contribution in [3.63, 3.8) is 0 Å². The summed E-state index contributed by atoms with van der Waals surface area (Å²) in [5.74, 6) is -0.446. The quantitative estimate of drug-likeness (QED) is 0.395. The van der Waals surface area contributed by atoms with Crippen LogP contribution in [0.1, 0.15) is 17.3 Å². The van der Waals surface area contributed by atoms with Crippen molar-refractivity contribution in [2.75, 3.05) is 32.8 Å². The molecule has 1 aliphatic rings. The fraction of sp³-hybridized carbons (Fsp3) is 0.269. The minimum atomic E-state index is -3.76. The lowest BCUT2D eigenvalue weighted by Gasteiger charge is -2.33. The van der Waals surface area contributed by atoms with Gasteiger partial charge in [-0.15, -0.1) is 0 Å². The summed E-state index contributed by atoms with van der Waals surface area (Å²) in [4.78, 5) is 31.3. The van der Waals surface area contributed by atoms with Crippen molar-refractivity contribution >= 4 is 54.3 Å². The Hall–Kier alpha value is -3.54. The van der Waals surface area contributed by atoms with Crippen molar-refractivity contribution in [2.45, 2.75) is 11.8 Å². The van der Waals surface area contributed by atoms with Crippen LogP contribution in [0.15, 0.2) is 70.6 Å². The van der Waals surface area contributed by atoms with Crippen molar-refractivity contribution in [2.24, 2.45) is 12.0 Å². The molecule has 1 fully saturated rings. The van der Waals surface area contributed by atoms with E-state index in [1.54, 1.807) is 6.92 Å². The van der Waals surface area contributed by atoms with E-state index in [4.69, 9.17) is 4.74 Å². The number of hydrogen-bond acceptors (Lipinski definition) is 6. The second kappa shape index (κ2) is 10.1. The Kier molecular flexibility index (Phi) is 6.84. The molecule has 1 aliphatic heterocycles. The monoisotopic (exact) mass is 538 g/mol. The van der Waals surface area contributed by atoms with Gasteiger partial charge in [0.05, 0.1) is 21.7 Å². The summed E-state index contributed by atoms with van der Waals surface area (Å²) >= 11 is 1.43. The lowest BCUT2D eigenvalue weighted by molar-refractivity contribution is 0.0933. The number of fused-ring (bicyclic) bond motifs is 3. The van der Waals surface area contributed by atoms with E-state index in [1.165, 1.54) is 44.8 Å². The molecule has 9 nitrogen and oxygen atoms in total. The first-order chi connectivity index (χ1) is 17.8. The number of ether oxygens (including phenoxy) is 1. The molecule has 1 saturated heterocycles. The molecule has 0 unspecified atom stereocenters. The molecule has 2 heterocycles. The molecule has 4 aromatic rings. The molecule has 192 valence electrons. The number of nitrogens with zero attached hydrogens (tertiary/aromatic N) is 4. The number of hydrogen-bond donors (Lipinski definition) is 0. The van der Waals surface area contributed by atoms with Crippen LogP contribution in [-0.2, 0) is 21.8 Å². The zero-order valence-corrected chi connectivity index (χ0v) is 22.1. The molecule has 11 heteroatoms. The molecule has 37 heavy (non-hydrogen) atoms. The SMILES string of the molecule is CCOC(=O)N1CCN(S(=O)(=O)c2ccc(C(=O)N=c3sc4ccc5ccccc5c4n3C)cc2)CC1. The molecule has 0 bridgehead atoms. The van der Waals surface area contributed by atoms with Crippen LogP contribution in [0.25, 0.3) is 21.0 Å². The van der Waals surface area contributed by atoms with E-state index in [2.05, 4.69) is 11.1 Å². The number of rotatable bonds is 4. The number of piperazine rings is 1. The maximum atomic E-state index is 13.1. The Bertz CT molecular complexity index is 1660. The second-order valence-corrected chi connectivity index (χ2v) is 11.6. The number of amides is 2. The molecule has 0 spiro atoms. The lowest BCUT2D eigenvalue weighted by Crippen LogP contribution is -2.50. The number of thiazole rings is 1. The fourth-order valence-electron chi connectivity index (χ4n) is 4.42. The van der Waals surface area contributed by atoms with E-state index in [0.717, 1.165) is 21.0 Å². The van der Waals surface area contributed by atoms with Gasteiger partial charge in [-0.05, 0) is 42.6 Å². The zero-order chi connectivity index (χ0) is 26.2. The molecule has 5 rings (SSSR count). The van der Waals surface area contributed by atoms with Crippen molar-refractivity contribution in [1.82, 2.24) is 13.8 Å². The average molecular weight is 539 g/mol. The van der Waals surface area contributed by atoms with E-state index in [1.807, 2.05) is 41.9 Å². The van der Waals surface area contributed by atoms with Gasteiger partial charge in [0.2, 0.25) is 10.0 Å². The van der Waals surface area contributed by atoms with Crippen LogP contribution >= 0.6 is 11.3 Å². The van der Waals surface area contributed by atoms with E-state index in [-0.39, 0.29) is 37.7 Å². The molecule has 0 saturated carbocycles. The Morgan fingerprint density at radius 3 is 2.38 bits per heavy atom. The predicted octanol–water partition coefficient (Wildman–Crippen LogP) is 3.60. The van der Waals surface area contributed by atoms with E-state index in [0.29, 0.717) is 10.4 Å². The first-order valence-corrected chi connectivity index (χ1v) is 14.1. The van der Waals surface area contributed by atoms with Crippen molar-refractivity contribution in [3.05, 3.63) is 71.0 Å². The van der Waals surface area contributed by atoms with Crippen LogP contribution in [0.2, 0.25) is 0 Å². The highest BCUT2D eigenvalue weighted by atomic mass is 32.2. The summed E-state index contributed by atoms with van der Waals surface area (Å²) in [6.45, 7) is 2.86. The zero-order valence-electron chi connectivity index (χ0n) is 20.5. The molecule has 2 amide bonds. The summed E-state index contributed by atoms with van der Waals surface area (Å²) in [5.41, 5.74) is 1.31. The predicted molar refractivity (Wildman–Crippen MR) is 142 cm³/mol. The summed E-state index contributed by atoms with van der Waals surface area (Å²) in [6, 6.07) is 18.0. The van der Waals surface area contributed by atoms with Gasteiger partial charge in [-0.2, -0.15) is 9.30 Å². The third-order valence-electron chi connectivity index (χ3n) is 6.39. The number of carbonyl (C=O) groups is 2. The molecular weight excluding hydrogens is 512 g/mol. The van der Waals surface area contributed by atoms with Gasteiger partial charge in [-0.25, -0.2) is 13.2 Å². The molecule has 0 atom stereocenters. The molecule has 0 radical (unpaired) electrons. The molecule has 0 aliphatic carbocycles. The summed E-state index contributed by atoms with van der Waals surface area (Å²) in [5, 5.41) is 2.20. The Balaban J connectivity index is 1.36. The summed E-state index contributed by atoms with van der Waals surface area (Å²) in [7, 11) is -1.88. The number of sulfonamides is 1. The van der Waals surface area contributed by atoms with Gasteiger partial charge in [0.1, 0.15) is 0 Å². The first kappa shape index (κ1) is 25.1. The lowest BCUT2D eigenvalue weighted by atomic mass is 10.1. The van der Waals surface area contributed by atoms with Gasteiger partial charge in [0.25, 0.3) is 5.91 Å². The smallest absolute Gasteiger partial charge is 0.409 e. The third-order valence-corrected chi connectivity index (χ3v) is 9.40. The average Bonchev–Trinajstić information content (AvgIpc) is 3.24. The number of aryl methyl sites for hydroxylation is 1. The standard InChI is InChI=1S/C26H26N4O5S2/c1-3-35-26(32)29-14-16-30(17-15-29)37(33,34)20-11-8-19(9-12-20)24(31)27-25-28(2)23-21-7-5-4-6-18(21)10-13-22(23)36-25/h4-13H,3,14-17H2,1-2H3. The van der Waals surface area contributed by atoms with Gasteiger partial charge >= 0.3 is 6.09 Å². The molecule has 0 N–H and O–H groups in total. The van der Waals surface area contributed by atoms with Gasteiger partial charge < -0.3 is 14.2 Å². The number of benzene rings is 3. The summed E-state index contributed by atoms with van der Waals surface area (Å²) < 4.78 is 35.4. The first-order valence-electron chi connectivity index (χ1n) is 11.9. The van der Waals surface area contributed by atoms with E-state index in [9.17, 15) is 18.0 Å². The van der Waals surface area contributed by atoms with E-state index >= 15 is 0 Å². The highest BCUT2D eigenvalue weighted by Gasteiger charge is 2.30. The maximum Gasteiger partial charge on any atom is 0.409 e. The van der Waals surface area contributed by atoms with E-state index < -0.39 is 22.0 Å². The van der Waals surface area contributed by atoms with Gasteiger partial charge in [0, 0.05) is 44.2 Å². The van der Waals surface area contributed by atoms with Crippen molar-refractivity contribution < 1.29 is 22.7 Å². The topological polar surface area (TPSA) is 101 Å². The Labute approximate surface area is 218 Å². The summed E-state index contributed by atoms with van der Waals surface area (Å²) in [6.07, 6.45) is -0.439. The van der Waals surface area contributed by atoms with Crippen molar-refractivity contribution in [3.8, 4) is 0 Å². The number of carbonyl (C=O) groups excluding carboxylic acids is 2. The fourth-order valence-corrected chi connectivity index (χ4v) is 6.87. The van der Waals surface area contributed by atoms with Crippen LogP contribution in [0.5, 0.6) is 0 Å². The van der Waals surface area contributed by atoms with Gasteiger partial charge in [-0.3, -0.25) is 4.79 Å². The Morgan fingerprint density at radius 2 is 1.68 bits per heavy atom. The normalized spacial score (nSPS) is 15.4. The van der Waals surface area contributed by atoms with Crippen LogP contribution in [-0.4, -0.2) is 67.0 Å². The van der Waals surface area contributed by atoms with Crippen LogP contribution in [0, 0.1) is 0 Å². The minimum absolute atomic E-state index is 0.0903. The van der Waals surface area contributed by atoms with Crippen molar-refractivity contribution in [1.29, 1.82) is 0 Å². The van der Waals surface area contributed by atoms with Crippen LogP contribution < -0.4 is 4.80 Å². The van der Waals surface area contributed by atoms with Gasteiger partial charge in [0.15, 0.2) is 4.80 Å². The minimum Gasteiger partial charge on any atom is -0.450 e.